The quantitative estimate of drug-likeness (QED) is 0.499. The predicted molar refractivity (Wildman–Crippen MR) is 131 cm³/mol. The molecule has 2 aliphatic heterocycles. The van der Waals surface area contributed by atoms with Gasteiger partial charge in [0.05, 0.1) is 16.7 Å². The molecular formula is C29H22NO4+. The zero-order valence-corrected chi connectivity index (χ0v) is 18.6. The van der Waals surface area contributed by atoms with Crippen molar-refractivity contribution in [1.82, 2.24) is 0 Å². The van der Waals surface area contributed by atoms with E-state index in [2.05, 4.69) is 29.0 Å². The molecule has 0 amide bonds. The molecule has 1 aliphatic carbocycles. The summed E-state index contributed by atoms with van der Waals surface area (Å²) < 4.78 is 8.48. The Bertz CT molecular complexity index is 1520. The van der Waals surface area contributed by atoms with Crippen molar-refractivity contribution in [1.29, 1.82) is 0 Å². The number of carboxylic acid groups (broad SMARTS) is 1. The summed E-state index contributed by atoms with van der Waals surface area (Å²) in [6, 6.07) is 20.3. The zero-order chi connectivity index (χ0) is 23.4. The molecular weight excluding hydrogens is 426 g/mol. The molecule has 6 rings (SSSR count). The molecule has 3 aromatic rings. The van der Waals surface area contributed by atoms with Gasteiger partial charge in [-0.2, -0.15) is 0 Å². The maximum absolute atomic E-state index is 12.0. The molecule has 3 aromatic carbocycles. The van der Waals surface area contributed by atoms with Crippen molar-refractivity contribution in [2.45, 2.75) is 12.8 Å². The second-order valence-corrected chi connectivity index (χ2v) is 8.70. The van der Waals surface area contributed by atoms with E-state index in [1.807, 2.05) is 31.3 Å². The molecule has 0 radical (unpaired) electrons. The van der Waals surface area contributed by atoms with Gasteiger partial charge in [-0.05, 0) is 54.3 Å². The molecule has 2 N–H and O–H groups in total. The normalized spacial score (nSPS) is 17.3. The number of carboxylic acids is 1. The molecule has 0 atom stereocenters. The average molecular weight is 448 g/mol. The predicted octanol–water partition coefficient (Wildman–Crippen LogP) is 5.77. The van der Waals surface area contributed by atoms with Crippen LogP contribution in [0.25, 0.3) is 11.1 Å². The molecule has 34 heavy (non-hydrogen) atoms. The highest BCUT2D eigenvalue weighted by Gasteiger charge is 2.34. The van der Waals surface area contributed by atoms with Crippen LogP contribution in [0.3, 0.4) is 0 Å². The minimum atomic E-state index is -0.971. The molecule has 0 unspecified atom stereocenters. The van der Waals surface area contributed by atoms with Gasteiger partial charge in [-0.25, -0.2) is 9.37 Å². The monoisotopic (exact) mass is 448 g/mol. The third-order valence-corrected chi connectivity index (χ3v) is 6.64. The number of aromatic hydroxyl groups is 1. The van der Waals surface area contributed by atoms with Crippen LogP contribution in [0.4, 0.5) is 5.69 Å². The van der Waals surface area contributed by atoms with Crippen molar-refractivity contribution in [3.63, 3.8) is 0 Å². The van der Waals surface area contributed by atoms with Crippen LogP contribution in [0, 0.1) is 0 Å². The number of carbonyl (C=O) groups is 1. The fraction of sp³-hybridized carbons (Fsp3) is 0.103. The fourth-order valence-corrected chi connectivity index (χ4v) is 5.13. The summed E-state index contributed by atoms with van der Waals surface area (Å²) >= 11 is 0. The standard InChI is InChI=1S/C29H21NO4/c1-30-16-18(20-6-4-5-9-25(20)30)14-17-10-12-24-27(21-7-2-3-8-22(21)29(32)33)23-13-11-19(31)15-26(23)34-28(17)24/h2-9,11,13-16H,10,12H2,1H3,(H,32,33)/p+1. The Balaban J connectivity index is 1.59. The first kappa shape index (κ1) is 20.2. The number of hydrogen-bond donors (Lipinski definition) is 2. The Morgan fingerprint density at radius 3 is 2.56 bits per heavy atom. The van der Waals surface area contributed by atoms with E-state index >= 15 is 0 Å². The van der Waals surface area contributed by atoms with Gasteiger partial charge < -0.3 is 14.9 Å². The topological polar surface area (TPSA) is 69.8 Å². The number of rotatable bonds is 3. The smallest absolute Gasteiger partial charge is 0.336 e. The molecule has 0 spiro atoms. The van der Waals surface area contributed by atoms with E-state index in [1.54, 1.807) is 30.3 Å². The lowest BCUT2D eigenvalue weighted by atomic mass is 9.87. The highest BCUT2D eigenvalue weighted by atomic mass is 16.5. The summed E-state index contributed by atoms with van der Waals surface area (Å²) in [5.74, 6) is 0.411. The number of benzene rings is 3. The van der Waals surface area contributed by atoms with Gasteiger partial charge in [-0.3, -0.25) is 0 Å². The number of hydrogen-bond acceptors (Lipinski definition) is 3. The second kappa shape index (κ2) is 7.59. The number of phenolic OH excluding ortho intramolecular Hbond substituents is 1. The molecule has 0 aromatic heterocycles. The molecule has 166 valence electrons. The number of fused-ring (bicyclic) bond motifs is 3. The molecule has 0 fully saturated rings. The van der Waals surface area contributed by atoms with E-state index < -0.39 is 5.97 Å². The minimum absolute atomic E-state index is 0.103. The maximum atomic E-state index is 12.0. The summed E-state index contributed by atoms with van der Waals surface area (Å²) in [4.78, 5) is 12.0. The average Bonchev–Trinajstić information content (AvgIpc) is 3.38. The van der Waals surface area contributed by atoms with Crippen molar-refractivity contribution in [2.24, 2.45) is 0 Å². The largest absolute Gasteiger partial charge is 0.508 e. The van der Waals surface area contributed by atoms with Crippen LogP contribution in [0.1, 0.15) is 39.9 Å². The van der Waals surface area contributed by atoms with Gasteiger partial charge in [0.2, 0.25) is 5.69 Å². The van der Waals surface area contributed by atoms with Crippen molar-refractivity contribution < 1.29 is 24.3 Å². The first-order valence-corrected chi connectivity index (χ1v) is 11.2. The van der Waals surface area contributed by atoms with E-state index in [0.29, 0.717) is 11.3 Å². The summed E-state index contributed by atoms with van der Waals surface area (Å²) in [5.41, 5.74) is 8.04. The van der Waals surface area contributed by atoms with E-state index in [-0.39, 0.29) is 11.3 Å². The molecule has 2 heterocycles. The summed E-state index contributed by atoms with van der Waals surface area (Å²) in [6.07, 6.45) is 5.81. The van der Waals surface area contributed by atoms with Gasteiger partial charge >= 0.3 is 5.97 Å². The molecule has 3 aliphatic rings. The Morgan fingerprint density at radius 1 is 0.971 bits per heavy atom. The molecule has 0 saturated carbocycles. The highest BCUT2D eigenvalue weighted by Crippen LogP contribution is 2.49. The van der Waals surface area contributed by atoms with Crippen molar-refractivity contribution >= 4 is 29.0 Å². The van der Waals surface area contributed by atoms with Gasteiger partial charge in [-0.1, -0.05) is 30.3 Å². The van der Waals surface area contributed by atoms with Crippen LogP contribution in [-0.2, 0) is 0 Å². The number of allylic oxidation sites excluding steroid dienone is 4. The minimum Gasteiger partial charge on any atom is -0.508 e. The lowest BCUT2D eigenvalue weighted by Crippen LogP contribution is -2.11. The second-order valence-electron chi connectivity index (χ2n) is 8.70. The van der Waals surface area contributed by atoms with E-state index in [1.165, 1.54) is 5.56 Å². The lowest BCUT2D eigenvalue weighted by molar-refractivity contribution is -0.395. The van der Waals surface area contributed by atoms with Gasteiger partial charge in [0.1, 0.15) is 24.3 Å². The SMILES string of the molecule is C[N+]1=CC(=CC2=C3Oc4cc(O)ccc4C(c4ccccc4C(=O)O)=C3CC2)c2ccccc21. The third kappa shape index (κ3) is 3.09. The number of nitrogens with zero attached hydrogens (tertiary/aromatic N) is 1. The van der Waals surface area contributed by atoms with E-state index in [4.69, 9.17) is 4.74 Å². The van der Waals surface area contributed by atoms with Crippen LogP contribution < -0.4 is 4.74 Å². The lowest BCUT2D eigenvalue weighted by Gasteiger charge is -2.25. The first-order valence-electron chi connectivity index (χ1n) is 11.2. The molecule has 5 nitrogen and oxygen atoms in total. The van der Waals surface area contributed by atoms with Crippen LogP contribution in [-0.4, -0.2) is 34.0 Å². The van der Waals surface area contributed by atoms with Crippen LogP contribution in [0.5, 0.6) is 11.5 Å². The van der Waals surface area contributed by atoms with Crippen LogP contribution in [0.2, 0.25) is 0 Å². The first-order chi connectivity index (χ1) is 16.5. The van der Waals surface area contributed by atoms with Crippen LogP contribution in [0.15, 0.2) is 89.7 Å². The van der Waals surface area contributed by atoms with Crippen molar-refractivity contribution in [3.8, 4) is 11.5 Å². The third-order valence-electron chi connectivity index (χ3n) is 6.64. The zero-order valence-electron chi connectivity index (χ0n) is 18.6. The number of para-hydroxylation sites is 1. The van der Waals surface area contributed by atoms with Gasteiger partial charge in [0.25, 0.3) is 0 Å². The number of phenols is 1. The molecule has 5 heteroatoms. The fourth-order valence-electron chi connectivity index (χ4n) is 5.13. The summed E-state index contributed by atoms with van der Waals surface area (Å²) in [7, 11) is 2.04. The number of aromatic carboxylic acids is 1. The van der Waals surface area contributed by atoms with E-state index in [0.717, 1.165) is 52.1 Å². The molecule has 0 saturated heterocycles. The van der Waals surface area contributed by atoms with E-state index in [9.17, 15) is 15.0 Å². The van der Waals surface area contributed by atoms with Gasteiger partial charge in [0, 0.05) is 28.8 Å². The van der Waals surface area contributed by atoms with Crippen molar-refractivity contribution in [3.05, 3.63) is 112 Å². The van der Waals surface area contributed by atoms with Crippen molar-refractivity contribution in [2.75, 3.05) is 7.05 Å². The number of ether oxygens (including phenoxy) is 1. The van der Waals surface area contributed by atoms with Gasteiger partial charge in [-0.15, -0.1) is 0 Å². The van der Waals surface area contributed by atoms with Gasteiger partial charge in [0.15, 0.2) is 6.21 Å². The highest BCUT2D eigenvalue weighted by molar-refractivity contribution is 6.13. The Kier molecular flexibility index (Phi) is 4.52. The summed E-state index contributed by atoms with van der Waals surface area (Å²) in [5, 5.41) is 20.0. The Labute approximate surface area is 196 Å². The maximum Gasteiger partial charge on any atom is 0.336 e. The Hall–Kier alpha value is -4.38. The van der Waals surface area contributed by atoms with Crippen LogP contribution >= 0.6 is 0 Å². The molecule has 0 bridgehead atoms. The Morgan fingerprint density at radius 2 is 1.74 bits per heavy atom. The summed E-state index contributed by atoms with van der Waals surface area (Å²) in [6.45, 7) is 0.